The van der Waals surface area contributed by atoms with Crippen molar-refractivity contribution in [3.63, 3.8) is 0 Å². The molecule has 0 bridgehead atoms. The molecular weight excluding hydrogens is 168 g/mol. The molecule has 0 unspecified atom stereocenters. The number of rotatable bonds is 3. The minimum Gasteiger partial charge on any atom is -0.0914 e. The molecule has 1 heteroatoms. The molecule has 0 aromatic rings. The van der Waals surface area contributed by atoms with Crippen molar-refractivity contribution in [3.05, 3.63) is 35.4 Å². The summed E-state index contributed by atoms with van der Waals surface area (Å²) < 4.78 is 0. The van der Waals surface area contributed by atoms with Crippen LogP contribution in [-0.4, -0.2) is 0 Å². The Balaban J connectivity index is 0. The predicted molar refractivity (Wildman–Crippen MR) is 59.5 cm³/mol. The standard InChI is InChI=1S/C9H13Cl.C2H6/c1-3-5-6-7-8-9(10)4-2;1-2/h3-5,7-8H,6H2,1-2H3;1-2H3/b5-3-,8-7?,9-4-;. The molecule has 0 aliphatic rings. The van der Waals surface area contributed by atoms with Gasteiger partial charge in [-0.25, -0.2) is 0 Å². The average Bonchev–Trinajstić information content (AvgIpc) is 2.15. The first-order valence-corrected chi connectivity index (χ1v) is 4.78. The van der Waals surface area contributed by atoms with Gasteiger partial charge in [0.25, 0.3) is 0 Å². The lowest BCUT2D eigenvalue weighted by Crippen LogP contribution is -1.60. The lowest BCUT2D eigenvalue weighted by atomic mass is 10.3. The molecular formula is C11H19Cl. The molecule has 0 saturated carbocycles. The third-order valence-corrected chi connectivity index (χ3v) is 1.40. The van der Waals surface area contributed by atoms with Crippen LogP contribution in [0.25, 0.3) is 0 Å². The van der Waals surface area contributed by atoms with Crippen molar-refractivity contribution in [3.8, 4) is 0 Å². The Kier molecular flexibility index (Phi) is 15.4. The van der Waals surface area contributed by atoms with Gasteiger partial charge in [-0.15, -0.1) is 0 Å². The second kappa shape index (κ2) is 13.1. The van der Waals surface area contributed by atoms with Gasteiger partial charge in [0.2, 0.25) is 0 Å². The van der Waals surface area contributed by atoms with Crippen molar-refractivity contribution in [2.24, 2.45) is 0 Å². The second-order valence-electron chi connectivity index (χ2n) is 1.88. The highest BCUT2D eigenvalue weighted by molar-refractivity contribution is 6.31. The minimum absolute atomic E-state index is 0.796. The Morgan fingerprint density at radius 2 is 1.75 bits per heavy atom. The van der Waals surface area contributed by atoms with Gasteiger partial charge in [-0.2, -0.15) is 0 Å². The molecule has 0 aromatic carbocycles. The minimum atomic E-state index is 0.796. The van der Waals surface area contributed by atoms with E-state index >= 15 is 0 Å². The van der Waals surface area contributed by atoms with Crippen molar-refractivity contribution in [2.75, 3.05) is 0 Å². The molecule has 0 rings (SSSR count). The molecule has 0 amide bonds. The highest BCUT2D eigenvalue weighted by atomic mass is 35.5. The van der Waals surface area contributed by atoms with Crippen LogP contribution in [-0.2, 0) is 0 Å². The zero-order valence-corrected chi connectivity index (χ0v) is 9.23. The summed E-state index contributed by atoms with van der Waals surface area (Å²) in [5.41, 5.74) is 0. The Bertz CT molecular complexity index is 152. The highest BCUT2D eigenvalue weighted by Crippen LogP contribution is 2.02. The summed E-state index contributed by atoms with van der Waals surface area (Å²) in [5.74, 6) is 0. The van der Waals surface area contributed by atoms with E-state index in [-0.39, 0.29) is 0 Å². The van der Waals surface area contributed by atoms with E-state index in [0.717, 1.165) is 11.5 Å². The van der Waals surface area contributed by atoms with Crippen LogP contribution in [0.3, 0.4) is 0 Å². The molecule has 0 nitrogen and oxygen atoms in total. The van der Waals surface area contributed by atoms with Crippen molar-refractivity contribution in [1.29, 1.82) is 0 Å². The summed E-state index contributed by atoms with van der Waals surface area (Å²) in [7, 11) is 0. The van der Waals surface area contributed by atoms with E-state index in [9.17, 15) is 0 Å². The molecule has 0 aliphatic heterocycles. The largest absolute Gasteiger partial charge is 0.0914 e. The quantitative estimate of drug-likeness (QED) is 0.444. The van der Waals surface area contributed by atoms with Crippen molar-refractivity contribution in [1.82, 2.24) is 0 Å². The first-order chi connectivity index (χ1) is 5.81. The van der Waals surface area contributed by atoms with Crippen LogP contribution in [0.15, 0.2) is 35.4 Å². The maximum atomic E-state index is 5.69. The highest BCUT2D eigenvalue weighted by Gasteiger charge is 1.77. The fraction of sp³-hybridized carbons (Fsp3) is 0.455. The normalized spacial score (nSPS) is 11.9. The SMILES string of the molecule is C/C=C\CC=C/C(Cl)=C/C.CC. The summed E-state index contributed by atoms with van der Waals surface area (Å²) >= 11 is 5.69. The average molecular weight is 187 g/mol. The van der Waals surface area contributed by atoms with Gasteiger partial charge in [0.1, 0.15) is 0 Å². The van der Waals surface area contributed by atoms with Crippen molar-refractivity contribution < 1.29 is 0 Å². The molecule has 0 aromatic heterocycles. The molecule has 0 aliphatic carbocycles. The Morgan fingerprint density at radius 3 is 2.17 bits per heavy atom. The van der Waals surface area contributed by atoms with Crippen LogP contribution in [0.1, 0.15) is 34.1 Å². The van der Waals surface area contributed by atoms with E-state index in [2.05, 4.69) is 6.08 Å². The number of allylic oxidation sites excluding steroid dienone is 6. The summed E-state index contributed by atoms with van der Waals surface area (Å²) in [4.78, 5) is 0. The number of hydrogen-bond donors (Lipinski definition) is 0. The third kappa shape index (κ3) is 12.2. The topological polar surface area (TPSA) is 0 Å². The molecule has 0 saturated heterocycles. The molecule has 0 heterocycles. The van der Waals surface area contributed by atoms with Crippen LogP contribution < -0.4 is 0 Å². The van der Waals surface area contributed by atoms with Gasteiger partial charge in [-0.3, -0.25) is 0 Å². The van der Waals surface area contributed by atoms with E-state index in [1.54, 1.807) is 0 Å². The summed E-state index contributed by atoms with van der Waals surface area (Å²) in [6, 6.07) is 0. The Morgan fingerprint density at radius 1 is 1.17 bits per heavy atom. The maximum Gasteiger partial charge on any atom is 0.0360 e. The second-order valence-corrected chi connectivity index (χ2v) is 2.32. The van der Waals surface area contributed by atoms with Crippen LogP contribution in [0.2, 0.25) is 0 Å². The molecule has 0 fully saturated rings. The molecule has 0 radical (unpaired) electrons. The zero-order valence-electron chi connectivity index (χ0n) is 8.47. The third-order valence-electron chi connectivity index (χ3n) is 1.06. The Hall–Kier alpha value is -0.490. The molecule has 70 valence electrons. The summed E-state index contributed by atoms with van der Waals surface area (Å²) in [6.07, 6.45) is 10.9. The van der Waals surface area contributed by atoms with Crippen LogP contribution in [0, 0.1) is 0 Å². The van der Waals surface area contributed by atoms with Crippen molar-refractivity contribution >= 4 is 11.6 Å². The van der Waals surface area contributed by atoms with Gasteiger partial charge in [0, 0.05) is 5.03 Å². The van der Waals surface area contributed by atoms with Crippen LogP contribution in [0.5, 0.6) is 0 Å². The predicted octanol–water partition coefficient (Wildman–Crippen LogP) is 4.68. The number of halogens is 1. The van der Waals surface area contributed by atoms with E-state index in [1.807, 2.05) is 52.0 Å². The van der Waals surface area contributed by atoms with E-state index in [0.29, 0.717) is 0 Å². The number of hydrogen-bond acceptors (Lipinski definition) is 0. The van der Waals surface area contributed by atoms with E-state index in [1.165, 1.54) is 0 Å². The van der Waals surface area contributed by atoms with Crippen molar-refractivity contribution in [2.45, 2.75) is 34.1 Å². The van der Waals surface area contributed by atoms with Gasteiger partial charge in [-0.05, 0) is 26.3 Å². The fourth-order valence-corrected chi connectivity index (χ4v) is 0.581. The Labute approximate surface area is 81.6 Å². The maximum absolute atomic E-state index is 5.69. The van der Waals surface area contributed by atoms with Crippen LogP contribution in [0.4, 0.5) is 0 Å². The van der Waals surface area contributed by atoms with Gasteiger partial charge in [0.05, 0.1) is 0 Å². The first-order valence-electron chi connectivity index (χ1n) is 4.40. The molecule has 12 heavy (non-hydrogen) atoms. The lowest BCUT2D eigenvalue weighted by Gasteiger charge is -1.83. The molecule has 0 spiro atoms. The van der Waals surface area contributed by atoms with Gasteiger partial charge < -0.3 is 0 Å². The zero-order chi connectivity index (χ0) is 9.82. The fourth-order valence-electron chi connectivity index (χ4n) is 0.492. The monoisotopic (exact) mass is 186 g/mol. The summed E-state index contributed by atoms with van der Waals surface area (Å²) in [5, 5.41) is 0.796. The molecule has 0 N–H and O–H groups in total. The first kappa shape index (κ1) is 14.1. The lowest BCUT2D eigenvalue weighted by molar-refractivity contribution is 1.37. The van der Waals surface area contributed by atoms with Crippen LogP contribution >= 0.6 is 11.6 Å². The van der Waals surface area contributed by atoms with E-state index < -0.39 is 0 Å². The van der Waals surface area contributed by atoms with Gasteiger partial charge in [-0.1, -0.05) is 49.8 Å². The smallest absolute Gasteiger partial charge is 0.0360 e. The molecule has 0 atom stereocenters. The summed E-state index contributed by atoms with van der Waals surface area (Å²) in [6.45, 7) is 7.92. The van der Waals surface area contributed by atoms with Gasteiger partial charge >= 0.3 is 0 Å². The van der Waals surface area contributed by atoms with E-state index in [4.69, 9.17) is 11.6 Å². The van der Waals surface area contributed by atoms with Gasteiger partial charge in [0.15, 0.2) is 0 Å².